The summed E-state index contributed by atoms with van der Waals surface area (Å²) in [5.41, 5.74) is 1.65. The van der Waals surface area contributed by atoms with Crippen molar-refractivity contribution in [3.63, 3.8) is 0 Å². The minimum atomic E-state index is -0.683. The molecule has 202 valence electrons. The van der Waals surface area contributed by atoms with Crippen LogP contribution in [0.15, 0.2) is 65.5 Å². The summed E-state index contributed by atoms with van der Waals surface area (Å²) in [6.07, 6.45) is 4.55. The van der Waals surface area contributed by atoms with E-state index in [2.05, 4.69) is 17.2 Å². The molecule has 2 aromatic carbocycles. The second-order valence-electron chi connectivity index (χ2n) is 8.94. The molecule has 0 aliphatic carbocycles. The van der Waals surface area contributed by atoms with Gasteiger partial charge in [0.2, 0.25) is 0 Å². The Morgan fingerprint density at radius 3 is 2.37 bits per heavy atom. The van der Waals surface area contributed by atoms with Gasteiger partial charge in [-0.25, -0.2) is 9.78 Å². The molecule has 38 heavy (non-hydrogen) atoms. The first-order chi connectivity index (χ1) is 18.5. The molecule has 0 fully saturated rings. The molecule has 0 saturated heterocycles. The van der Waals surface area contributed by atoms with E-state index < -0.39 is 6.10 Å². The predicted octanol–water partition coefficient (Wildman–Crippen LogP) is 5.14. The summed E-state index contributed by atoms with van der Waals surface area (Å²) in [4.78, 5) is 42.6. The first-order valence-electron chi connectivity index (χ1n) is 13.3. The molecule has 1 amide bonds. The SMILES string of the molecule is CCCCCCC(Oc1ccc(C(=O)NCn2c(CC)nc(-c3ccccc3)cc2=O)cc1)C(=O)OCC. The molecule has 0 bridgehead atoms. The van der Waals surface area contributed by atoms with Crippen LogP contribution in [-0.2, 0) is 22.6 Å². The predicted molar refractivity (Wildman–Crippen MR) is 147 cm³/mol. The number of rotatable bonds is 14. The summed E-state index contributed by atoms with van der Waals surface area (Å²) >= 11 is 0. The molecule has 0 aliphatic rings. The first kappa shape index (κ1) is 28.6. The Kier molecular flexibility index (Phi) is 11.1. The zero-order valence-electron chi connectivity index (χ0n) is 22.4. The van der Waals surface area contributed by atoms with Crippen molar-refractivity contribution in [3.05, 3.63) is 82.4 Å². The summed E-state index contributed by atoms with van der Waals surface area (Å²) in [6, 6.07) is 17.6. The number of ether oxygens (including phenoxy) is 2. The highest BCUT2D eigenvalue weighted by Gasteiger charge is 2.21. The lowest BCUT2D eigenvalue weighted by molar-refractivity contribution is -0.151. The number of carbonyl (C=O) groups excluding carboxylic acids is 2. The molecule has 0 spiro atoms. The number of aromatic nitrogens is 2. The quantitative estimate of drug-likeness (QED) is 0.234. The van der Waals surface area contributed by atoms with Crippen LogP contribution >= 0.6 is 0 Å². The van der Waals surface area contributed by atoms with Crippen molar-refractivity contribution >= 4 is 11.9 Å². The van der Waals surface area contributed by atoms with Gasteiger partial charge in [-0.3, -0.25) is 14.2 Å². The van der Waals surface area contributed by atoms with E-state index in [1.807, 2.05) is 37.3 Å². The fraction of sp³-hybridized carbons (Fsp3) is 0.400. The van der Waals surface area contributed by atoms with E-state index in [-0.39, 0.29) is 24.1 Å². The number of esters is 1. The summed E-state index contributed by atoms with van der Waals surface area (Å²) < 4.78 is 12.5. The van der Waals surface area contributed by atoms with Crippen LogP contribution in [0.5, 0.6) is 5.75 Å². The topological polar surface area (TPSA) is 99.5 Å². The van der Waals surface area contributed by atoms with E-state index >= 15 is 0 Å². The molecule has 1 heterocycles. The number of hydrogen-bond donors (Lipinski definition) is 1. The standard InChI is InChI=1S/C30H37N3O5/c1-4-7-8-12-15-26(30(36)37-6-3)38-24-18-16-23(17-19-24)29(35)31-21-33-27(5-2)32-25(20-28(33)34)22-13-10-9-11-14-22/h9-11,13-14,16-20,26H,4-8,12,15,21H2,1-3H3,(H,31,35). The third kappa shape index (κ3) is 8.03. The molecule has 0 aliphatic heterocycles. The van der Waals surface area contributed by atoms with Gasteiger partial charge in [0.15, 0.2) is 6.10 Å². The normalized spacial score (nSPS) is 11.6. The maximum absolute atomic E-state index is 12.8. The highest BCUT2D eigenvalue weighted by Crippen LogP contribution is 2.18. The Morgan fingerprint density at radius 1 is 0.974 bits per heavy atom. The van der Waals surface area contributed by atoms with E-state index in [1.165, 1.54) is 10.6 Å². The van der Waals surface area contributed by atoms with Crippen molar-refractivity contribution in [3.8, 4) is 17.0 Å². The van der Waals surface area contributed by atoms with Gasteiger partial charge >= 0.3 is 5.97 Å². The number of nitrogens with zero attached hydrogens (tertiary/aromatic N) is 2. The van der Waals surface area contributed by atoms with Gasteiger partial charge < -0.3 is 14.8 Å². The van der Waals surface area contributed by atoms with Gasteiger partial charge in [0.1, 0.15) is 11.6 Å². The highest BCUT2D eigenvalue weighted by atomic mass is 16.6. The maximum atomic E-state index is 12.8. The molecule has 0 saturated carbocycles. The van der Waals surface area contributed by atoms with Crippen molar-refractivity contribution in [2.75, 3.05) is 6.61 Å². The molecular formula is C30H37N3O5. The number of amides is 1. The van der Waals surface area contributed by atoms with E-state index in [0.717, 1.165) is 31.2 Å². The lowest BCUT2D eigenvalue weighted by Gasteiger charge is -2.18. The van der Waals surface area contributed by atoms with Crippen LogP contribution in [0, 0.1) is 0 Å². The second-order valence-corrected chi connectivity index (χ2v) is 8.94. The summed E-state index contributed by atoms with van der Waals surface area (Å²) in [5.74, 6) is 0.360. The minimum Gasteiger partial charge on any atom is -0.479 e. The van der Waals surface area contributed by atoms with Gasteiger partial charge in [-0.1, -0.05) is 63.4 Å². The lowest BCUT2D eigenvalue weighted by atomic mass is 10.1. The monoisotopic (exact) mass is 519 g/mol. The lowest BCUT2D eigenvalue weighted by Crippen LogP contribution is -2.34. The van der Waals surface area contributed by atoms with Crippen molar-refractivity contribution in [2.45, 2.75) is 72.1 Å². The van der Waals surface area contributed by atoms with Gasteiger partial charge in [0, 0.05) is 23.6 Å². The van der Waals surface area contributed by atoms with E-state index in [1.54, 1.807) is 31.2 Å². The highest BCUT2D eigenvalue weighted by molar-refractivity contribution is 5.94. The van der Waals surface area contributed by atoms with Crippen LogP contribution in [0.2, 0.25) is 0 Å². The summed E-state index contributed by atoms with van der Waals surface area (Å²) in [5, 5.41) is 2.79. The third-order valence-electron chi connectivity index (χ3n) is 6.14. The Balaban J connectivity index is 1.64. The summed E-state index contributed by atoms with van der Waals surface area (Å²) in [7, 11) is 0. The minimum absolute atomic E-state index is 0.00382. The van der Waals surface area contributed by atoms with Gasteiger partial charge in [-0.05, 0) is 44.0 Å². The van der Waals surface area contributed by atoms with Crippen LogP contribution in [0.1, 0.15) is 69.1 Å². The number of hydrogen-bond acceptors (Lipinski definition) is 6. The van der Waals surface area contributed by atoms with Crippen molar-refractivity contribution < 1.29 is 19.1 Å². The molecule has 1 aromatic heterocycles. The van der Waals surface area contributed by atoms with Crippen molar-refractivity contribution in [1.82, 2.24) is 14.9 Å². The van der Waals surface area contributed by atoms with Crippen molar-refractivity contribution in [2.24, 2.45) is 0 Å². The zero-order chi connectivity index (χ0) is 27.3. The largest absolute Gasteiger partial charge is 0.479 e. The average molecular weight is 520 g/mol. The number of aryl methyl sites for hydroxylation is 1. The number of nitrogens with one attached hydrogen (secondary N) is 1. The summed E-state index contributed by atoms with van der Waals surface area (Å²) in [6.45, 7) is 6.12. The third-order valence-corrected chi connectivity index (χ3v) is 6.14. The molecule has 1 unspecified atom stereocenters. The maximum Gasteiger partial charge on any atom is 0.347 e. The Morgan fingerprint density at radius 2 is 1.71 bits per heavy atom. The van der Waals surface area contributed by atoms with Gasteiger partial charge in [-0.15, -0.1) is 0 Å². The number of unbranched alkanes of at least 4 members (excludes halogenated alkanes) is 3. The Bertz CT molecular complexity index is 1240. The molecule has 3 aromatic rings. The van der Waals surface area contributed by atoms with Crippen molar-refractivity contribution in [1.29, 1.82) is 0 Å². The zero-order valence-corrected chi connectivity index (χ0v) is 22.4. The molecule has 3 rings (SSSR count). The molecule has 8 heteroatoms. The van der Waals surface area contributed by atoms with Crippen LogP contribution in [0.4, 0.5) is 0 Å². The Labute approximate surface area is 224 Å². The number of carbonyl (C=O) groups is 2. The molecule has 0 radical (unpaired) electrons. The molecule has 1 atom stereocenters. The van der Waals surface area contributed by atoms with Gasteiger partial charge in [0.25, 0.3) is 11.5 Å². The smallest absolute Gasteiger partial charge is 0.347 e. The Hall–Kier alpha value is -3.94. The van der Waals surface area contributed by atoms with Crippen LogP contribution in [0.25, 0.3) is 11.3 Å². The van der Waals surface area contributed by atoms with Gasteiger partial charge in [-0.2, -0.15) is 0 Å². The van der Waals surface area contributed by atoms with Gasteiger partial charge in [0.05, 0.1) is 19.0 Å². The second kappa shape index (κ2) is 14.7. The molecule has 8 nitrogen and oxygen atoms in total. The van der Waals surface area contributed by atoms with Crippen LogP contribution in [-0.4, -0.2) is 34.1 Å². The van der Waals surface area contributed by atoms with Crippen LogP contribution < -0.4 is 15.6 Å². The molecular weight excluding hydrogens is 482 g/mol. The van der Waals surface area contributed by atoms with E-state index in [4.69, 9.17) is 9.47 Å². The average Bonchev–Trinajstić information content (AvgIpc) is 2.94. The fourth-order valence-corrected chi connectivity index (χ4v) is 4.07. The van der Waals surface area contributed by atoms with E-state index in [9.17, 15) is 14.4 Å². The first-order valence-corrected chi connectivity index (χ1v) is 13.3. The van der Waals surface area contributed by atoms with E-state index in [0.29, 0.717) is 42.3 Å². The number of benzene rings is 2. The fourth-order valence-electron chi connectivity index (χ4n) is 4.07. The molecule has 1 N–H and O–H groups in total. The van der Waals surface area contributed by atoms with Crippen LogP contribution in [0.3, 0.4) is 0 Å².